The Morgan fingerprint density at radius 2 is 1.90 bits per heavy atom. The summed E-state index contributed by atoms with van der Waals surface area (Å²) in [4.78, 5) is 23.2. The first-order valence-electron chi connectivity index (χ1n) is 9.75. The zero-order chi connectivity index (χ0) is 19.8. The van der Waals surface area contributed by atoms with Gasteiger partial charge in [-0.25, -0.2) is 14.6 Å². The van der Waals surface area contributed by atoms with Crippen molar-refractivity contribution in [1.29, 1.82) is 0 Å². The molecular formula is C21H21N7O. The van der Waals surface area contributed by atoms with E-state index in [0.29, 0.717) is 24.6 Å². The molecule has 3 aromatic heterocycles. The van der Waals surface area contributed by atoms with E-state index >= 15 is 0 Å². The van der Waals surface area contributed by atoms with E-state index in [-0.39, 0.29) is 11.9 Å². The molecule has 0 unspecified atom stereocenters. The monoisotopic (exact) mass is 387 g/mol. The topological polar surface area (TPSA) is 81.2 Å². The number of rotatable bonds is 3. The predicted octanol–water partition coefficient (Wildman–Crippen LogP) is 2.77. The van der Waals surface area contributed by atoms with Gasteiger partial charge in [0.2, 0.25) is 5.78 Å². The molecule has 4 aromatic rings. The molecule has 1 saturated heterocycles. The fourth-order valence-corrected chi connectivity index (χ4v) is 3.74. The van der Waals surface area contributed by atoms with Crippen molar-refractivity contribution in [3.05, 3.63) is 66.4 Å². The zero-order valence-electron chi connectivity index (χ0n) is 16.1. The summed E-state index contributed by atoms with van der Waals surface area (Å²) in [6.45, 7) is 3.41. The van der Waals surface area contributed by atoms with Gasteiger partial charge in [-0.1, -0.05) is 35.0 Å². The third kappa shape index (κ3) is 3.37. The van der Waals surface area contributed by atoms with Crippen molar-refractivity contribution in [3.63, 3.8) is 0 Å². The lowest BCUT2D eigenvalue weighted by Crippen LogP contribution is -2.39. The van der Waals surface area contributed by atoms with Crippen molar-refractivity contribution in [2.24, 2.45) is 0 Å². The van der Waals surface area contributed by atoms with E-state index in [4.69, 9.17) is 0 Å². The standard InChI is InChI=1S/C21H21N7O/c1-15-3-5-16(6-4-15)18-14-28(25-24-18)17-7-11-26(12-8-17)20(29)19-13-27-10-2-9-22-21(27)23-19/h2-6,9-10,13-14,17H,7-8,11-12H2,1H3. The van der Waals surface area contributed by atoms with Crippen LogP contribution in [0.3, 0.4) is 0 Å². The highest BCUT2D eigenvalue weighted by Crippen LogP contribution is 2.25. The van der Waals surface area contributed by atoms with Crippen LogP contribution in [0.4, 0.5) is 0 Å². The third-order valence-electron chi connectivity index (χ3n) is 5.44. The quantitative estimate of drug-likeness (QED) is 0.540. The smallest absolute Gasteiger partial charge is 0.274 e. The Balaban J connectivity index is 1.25. The number of imidazole rings is 1. The first-order valence-corrected chi connectivity index (χ1v) is 9.75. The van der Waals surface area contributed by atoms with Crippen LogP contribution < -0.4 is 0 Å². The number of nitrogens with zero attached hydrogens (tertiary/aromatic N) is 7. The Morgan fingerprint density at radius 3 is 2.66 bits per heavy atom. The number of fused-ring (bicyclic) bond motifs is 1. The number of benzene rings is 1. The number of likely N-dealkylation sites (tertiary alicyclic amines) is 1. The number of amides is 1. The fraction of sp³-hybridized carbons (Fsp3) is 0.286. The molecule has 0 N–H and O–H groups in total. The minimum absolute atomic E-state index is 0.0483. The first kappa shape index (κ1) is 17.5. The molecule has 8 heteroatoms. The van der Waals surface area contributed by atoms with Gasteiger partial charge in [-0.2, -0.15) is 0 Å². The summed E-state index contributed by atoms with van der Waals surface area (Å²) in [6, 6.07) is 10.3. The van der Waals surface area contributed by atoms with Gasteiger partial charge in [0.05, 0.1) is 12.2 Å². The second-order valence-corrected chi connectivity index (χ2v) is 7.43. The van der Waals surface area contributed by atoms with Gasteiger partial charge in [0.15, 0.2) is 0 Å². The molecule has 1 aliphatic heterocycles. The van der Waals surface area contributed by atoms with Crippen LogP contribution in [0.2, 0.25) is 0 Å². The third-order valence-corrected chi connectivity index (χ3v) is 5.44. The number of hydrogen-bond acceptors (Lipinski definition) is 5. The highest BCUT2D eigenvalue weighted by molar-refractivity contribution is 5.92. The molecule has 0 radical (unpaired) electrons. The van der Waals surface area contributed by atoms with Crippen LogP contribution in [-0.4, -0.2) is 53.3 Å². The van der Waals surface area contributed by atoms with Gasteiger partial charge in [-0.15, -0.1) is 5.10 Å². The van der Waals surface area contributed by atoms with Gasteiger partial charge in [0.25, 0.3) is 5.91 Å². The van der Waals surface area contributed by atoms with E-state index in [1.807, 2.05) is 28.0 Å². The van der Waals surface area contributed by atoms with E-state index in [1.165, 1.54) is 5.56 Å². The predicted molar refractivity (Wildman–Crippen MR) is 107 cm³/mol. The lowest BCUT2D eigenvalue weighted by Gasteiger charge is -2.31. The summed E-state index contributed by atoms with van der Waals surface area (Å²) >= 11 is 0. The molecule has 0 spiro atoms. The summed E-state index contributed by atoms with van der Waals surface area (Å²) in [6.07, 6.45) is 8.94. The Bertz CT molecular complexity index is 1120. The Kier molecular flexibility index (Phi) is 4.31. The largest absolute Gasteiger partial charge is 0.337 e. The maximum absolute atomic E-state index is 12.8. The van der Waals surface area contributed by atoms with Crippen molar-refractivity contribution < 1.29 is 4.79 Å². The molecule has 1 aromatic carbocycles. The molecule has 1 amide bonds. The summed E-state index contributed by atoms with van der Waals surface area (Å²) in [5.41, 5.74) is 3.60. The minimum atomic E-state index is -0.0483. The van der Waals surface area contributed by atoms with Gasteiger partial charge in [0.1, 0.15) is 11.4 Å². The lowest BCUT2D eigenvalue weighted by molar-refractivity contribution is 0.0684. The van der Waals surface area contributed by atoms with Crippen LogP contribution in [-0.2, 0) is 0 Å². The highest BCUT2D eigenvalue weighted by atomic mass is 16.2. The Hall–Kier alpha value is -3.55. The second-order valence-electron chi connectivity index (χ2n) is 7.43. The van der Waals surface area contributed by atoms with E-state index in [9.17, 15) is 4.79 Å². The summed E-state index contributed by atoms with van der Waals surface area (Å²) in [5, 5.41) is 8.66. The molecular weight excluding hydrogens is 366 g/mol. The first-order chi connectivity index (χ1) is 14.2. The molecule has 8 nitrogen and oxygen atoms in total. The molecule has 1 fully saturated rings. The highest BCUT2D eigenvalue weighted by Gasteiger charge is 2.27. The zero-order valence-corrected chi connectivity index (χ0v) is 16.1. The number of aromatic nitrogens is 6. The van der Waals surface area contributed by atoms with Crippen molar-refractivity contribution in [2.45, 2.75) is 25.8 Å². The van der Waals surface area contributed by atoms with Crippen molar-refractivity contribution >= 4 is 11.7 Å². The minimum Gasteiger partial charge on any atom is -0.337 e. The van der Waals surface area contributed by atoms with Gasteiger partial charge >= 0.3 is 0 Å². The molecule has 0 atom stereocenters. The molecule has 29 heavy (non-hydrogen) atoms. The average Bonchev–Trinajstić information content (AvgIpc) is 3.41. The average molecular weight is 387 g/mol. The van der Waals surface area contributed by atoms with Crippen LogP contribution in [0.15, 0.2) is 55.1 Å². The van der Waals surface area contributed by atoms with E-state index in [2.05, 4.69) is 51.5 Å². The molecule has 0 bridgehead atoms. The molecule has 1 aliphatic rings. The van der Waals surface area contributed by atoms with Crippen LogP contribution in [0.25, 0.3) is 17.0 Å². The Labute approximate surface area is 167 Å². The number of hydrogen-bond donors (Lipinski definition) is 0. The maximum Gasteiger partial charge on any atom is 0.274 e. The summed E-state index contributed by atoms with van der Waals surface area (Å²) < 4.78 is 3.70. The van der Waals surface area contributed by atoms with E-state index in [0.717, 1.165) is 24.1 Å². The molecule has 4 heterocycles. The van der Waals surface area contributed by atoms with E-state index in [1.54, 1.807) is 16.8 Å². The molecule has 0 aliphatic carbocycles. The van der Waals surface area contributed by atoms with Crippen LogP contribution in [0, 0.1) is 6.92 Å². The van der Waals surface area contributed by atoms with Crippen LogP contribution >= 0.6 is 0 Å². The summed E-state index contributed by atoms with van der Waals surface area (Å²) in [7, 11) is 0. The summed E-state index contributed by atoms with van der Waals surface area (Å²) in [5.74, 6) is 0.491. The molecule has 0 saturated carbocycles. The second kappa shape index (κ2) is 7.12. The van der Waals surface area contributed by atoms with Crippen molar-refractivity contribution in [1.82, 2.24) is 34.3 Å². The maximum atomic E-state index is 12.8. The molecule has 5 rings (SSSR count). The van der Waals surface area contributed by atoms with Gasteiger partial charge in [-0.05, 0) is 25.8 Å². The fourth-order valence-electron chi connectivity index (χ4n) is 3.74. The van der Waals surface area contributed by atoms with Crippen LogP contribution in [0.1, 0.15) is 34.9 Å². The van der Waals surface area contributed by atoms with Gasteiger partial charge in [-0.3, -0.25) is 9.20 Å². The number of carbonyl (C=O) groups is 1. The normalized spacial score (nSPS) is 15.1. The lowest BCUT2D eigenvalue weighted by atomic mass is 10.0. The Morgan fingerprint density at radius 1 is 1.10 bits per heavy atom. The van der Waals surface area contributed by atoms with E-state index < -0.39 is 0 Å². The van der Waals surface area contributed by atoms with Crippen molar-refractivity contribution in [3.8, 4) is 11.3 Å². The van der Waals surface area contributed by atoms with Gasteiger partial charge < -0.3 is 4.90 Å². The number of piperidine rings is 1. The number of aryl methyl sites for hydroxylation is 1. The number of carbonyl (C=O) groups excluding carboxylic acids is 1. The van der Waals surface area contributed by atoms with Gasteiger partial charge in [0, 0.05) is 37.2 Å². The van der Waals surface area contributed by atoms with Crippen LogP contribution in [0.5, 0.6) is 0 Å². The molecule has 146 valence electrons. The SMILES string of the molecule is Cc1ccc(-c2cn(C3CCN(C(=O)c4cn5cccnc5n4)CC3)nn2)cc1. The van der Waals surface area contributed by atoms with Crippen molar-refractivity contribution in [2.75, 3.05) is 13.1 Å².